The molecule has 14 heavy (non-hydrogen) atoms. The Morgan fingerprint density at radius 3 is 1.36 bits per heavy atom. The molecule has 0 saturated heterocycles. The quantitative estimate of drug-likeness (QED) is 0.489. The minimum atomic E-state index is 1.19. The van der Waals surface area contributed by atoms with Crippen LogP contribution in [0.15, 0.2) is 48.6 Å². The molecule has 1 aliphatic carbocycles. The summed E-state index contributed by atoms with van der Waals surface area (Å²) in [5, 5.41) is 0. The Kier molecular flexibility index (Phi) is 6.74. The molecule has 0 spiro atoms. The first-order chi connectivity index (χ1) is 7.00. The van der Waals surface area contributed by atoms with Gasteiger partial charge >= 0.3 is 0 Å². The van der Waals surface area contributed by atoms with Gasteiger partial charge in [0, 0.05) is 0 Å². The Balaban J connectivity index is 2.35. The molecule has 0 aromatic rings. The summed E-state index contributed by atoms with van der Waals surface area (Å²) >= 11 is 0. The Morgan fingerprint density at radius 2 is 0.857 bits per heavy atom. The standard InChI is InChI=1S/C14H20/c1-2-4-6-8-10-12-14-13-11-9-7-5-3-1/h1-6,13-14H,7-12H2/b2-1?,5-3+,6-4?,14-13-. The van der Waals surface area contributed by atoms with Gasteiger partial charge < -0.3 is 0 Å². The molecule has 76 valence electrons. The van der Waals surface area contributed by atoms with E-state index in [9.17, 15) is 0 Å². The van der Waals surface area contributed by atoms with Crippen molar-refractivity contribution >= 4 is 0 Å². The van der Waals surface area contributed by atoms with E-state index >= 15 is 0 Å². The van der Waals surface area contributed by atoms with Gasteiger partial charge in [0.15, 0.2) is 0 Å². The van der Waals surface area contributed by atoms with Crippen LogP contribution in [0.3, 0.4) is 0 Å². The minimum Gasteiger partial charge on any atom is -0.0885 e. The molecule has 0 unspecified atom stereocenters. The minimum absolute atomic E-state index is 1.19. The number of hydrogen-bond acceptors (Lipinski definition) is 0. The lowest BCUT2D eigenvalue weighted by molar-refractivity contribution is 0.840. The van der Waals surface area contributed by atoms with E-state index in [0.717, 1.165) is 0 Å². The van der Waals surface area contributed by atoms with Gasteiger partial charge in [-0.2, -0.15) is 0 Å². The molecule has 0 aromatic carbocycles. The van der Waals surface area contributed by atoms with Gasteiger partial charge in [-0.3, -0.25) is 0 Å². The average molecular weight is 188 g/mol. The Labute approximate surface area is 87.7 Å². The van der Waals surface area contributed by atoms with Crippen molar-refractivity contribution in [3.63, 3.8) is 0 Å². The fourth-order valence-corrected chi connectivity index (χ4v) is 1.42. The van der Waals surface area contributed by atoms with Crippen LogP contribution < -0.4 is 0 Å². The van der Waals surface area contributed by atoms with Crippen molar-refractivity contribution in [1.29, 1.82) is 0 Å². The van der Waals surface area contributed by atoms with Gasteiger partial charge in [-0.15, -0.1) is 0 Å². The summed E-state index contributed by atoms with van der Waals surface area (Å²) in [7, 11) is 0. The highest BCUT2D eigenvalue weighted by molar-refractivity contribution is 5.11. The maximum absolute atomic E-state index is 2.32. The van der Waals surface area contributed by atoms with E-state index in [0.29, 0.717) is 0 Å². The zero-order chi connectivity index (χ0) is 9.90. The number of allylic oxidation sites excluding steroid dienone is 8. The summed E-state index contributed by atoms with van der Waals surface area (Å²) in [4.78, 5) is 0. The number of hydrogen-bond donors (Lipinski definition) is 0. The second-order valence-corrected chi connectivity index (χ2v) is 3.57. The van der Waals surface area contributed by atoms with Gasteiger partial charge in [-0.25, -0.2) is 0 Å². The SMILES string of the molecule is C1=C/C=C/CCC/C=C\CCCC=C1. The molecule has 0 aliphatic heterocycles. The van der Waals surface area contributed by atoms with Gasteiger partial charge in [0.05, 0.1) is 0 Å². The van der Waals surface area contributed by atoms with Crippen molar-refractivity contribution < 1.29 is 0 Å². The van der Waals surface area contributed by atoms with E-state index < -0.39 is 0 Å². The van der Waals surface area contributed by atoms with Gasteiger partial charge in [-0.05, 0) is 38.5 Å². The lowest BCUT2D eigenvalue weighted by Crippen LogP contribution is -1.72. The third-order valence-corrected chi connectivity index (χ3v) is 2.26. The first-order valence-corrected chi connectivity index (χ1v) is 5.63. The summed E-state index contributed by atoms with van der Waals surface area (Å²) < 4.78 is 0. The van der Waals surface area contributed by atoms with Crippen LogP contribution in [-0.2, 0) is 0 Å². The van der Waals surface area contributed by atoms with Crippen LogP contribution in [-0.4, -0.2) is 0 Å². The molecule has 0 atom stereocenters. The maximum atomic E-state index is 2.32. The molecule has 1 aliphatic rings. The third-order valence-electron chi connectivity index (χ3n) is 2.26. The lowest BCUT2D eigenvalue weighted by Gasteiger charge is -1.92. The molecular weight excluding hydrogens is 168 g/mol. The fraction of sp³-hybridized carbons (Fsp3) is 0.429. The summed E-state index contributed by atoms with van der Waals surface area (Å²) in [6, 6.07) is 0. The first-order valence-electron chi connectivity index (χ1n) is 5.63. The van der Waals surface area contributed by atoms with Crippen molar-refractivity contribution in [3.05, 3.63) is 48.6 Å². The molecule has 1 rings (SSSR count). The number of rotatable bonds is 0. The van der Waals surface area contributed by atoms with Gasteiger partial charge in [0.25, 0.3) is 0 Å². The van der Waals surface area contributed by atoms with Crippen molar-refractivity contribution in [1.82, 2.24) is 0 Å². The van der Waals surface area contributed by atoms with E-state index in [4.69, 9.17) is 0 Å². The van der Waals surface area contributed by atoms with Gasteiger partial charge in [0.2, 0.25) is 0 Å². The van der Waals surface area contributed by atoms with E-state index in [2.05, 4.69) is 48.6 Å². The monoisotopic (exact) mass is 188 g/mol. The predicted octanol–water partition coefficient (Wildman–Crippen LogP) is 4.57. The summed E-state index contributed by atoms with van der Waals surface area (Å²) in [5.41, 5.74) is 0. The van der Waals surface area contributed by atoms with Crippen LogP contribution in [0.5, 0.6) is 0 Å². The van der Waals surface area contributed by atoms with Crippen molar-refractivity contribution in [2.75, 3.05) is 0 Å². The predicted molar refractivity (Wildman–Crippen MR) is 64.3 cm³/mol. The van der Waals surface area contributed by atoms with Crippen LogP contribution in [0.2, 0.25) is 0 Å². The second-order valence-electron chi connectivity index (χ2n) is 3.57. The lowest BCUT2D eigenvalue weighted by atomic mass is 10.1. The normalized spacial score (nSPS) is 24.0. The van der Waals surface area contributed by atoms with Crippen LogP contribution >= 0.6 is 0 Å². The van der Waals surface area contributed by atoms with Crippen LogP contribution in [0.1, 0.15) is 38.5 Å². The van der Waals surface area contributed by atoms with Gasteiger partial charge in [0.1, 0.15) is 0 Å². The second kappa shape index (κ2) is 8.55. The fourth-order valence-electron chi connectivity index (χ4n) is 1.42. The molecule has 0 saturated carbocycles. The van der Waals surface area contributed by atoms with E-state index in [-0.39, 0.29) is 0 Å². The Hall–Kier alpha value is -1.04. The molecular formula is C14H20. The molecule has 0 heterocycles. The Morgan fingerprint density at radius 1 is 0.429 bits per heavy atom. The van der Waals surface area contributed by atoms with E-state index in [1.165, 1.54) is 38.5 Å². The van der Waals surface area contributed by atoms with Crippen molar-refractivity contribution in [2.45, 2.75) is 38.5 Å². The molecule has 0 amide bonds. The maximum Gasteiger partial charge on any atom is -0.0345 e. The third kappa shape index (κ3) is 6.47. The van der Waals surface area contributed by atoms with Crippen LogP contribution in [0, 0.1) is 0 Å². The zero-order valence-corrected chi connectivity index (χ0v) is 8.86. The highest BCUT2D eigenvalue weighted by atomic mass is 13.9. The molecule has 0 fully saturated rings. The topological polar surface area (TPSA) is 0 Å². The molecule has 0 heteroatoms. The van der Waals surface area contributed by atoms with Crippen molar-refractivity contribution in [2.24, 2.45) is 0 Å². The van der Waals surface area contributed by atoms with Gasteiger partial charge in [-0.1, -0.05) is 48.6 Å². The first kappa shape index (κ1) is 11.0. The Bertz CT molecular complexity index is 204. The molecule has 0 radical (unpaired) electrons. The van der Waals surface area contributed by atoms with Crippen molar-refractivity contribution in [3.8, 4) is 0 Å². The van der Waals surface area contributed by atoms with Crippen LogP contribution in [0.4, 0.5) is 0 Å². The smallest absolute Gasteiger partial charge is 0.0345 e. The molecule has 0 N–H and O–H groups in total. The molecule has 0 aromatic heterocycles. The van der Waals surface area contributed by atoms with Crippen LogP contribution in [0.25, 0.3) is 0 Å². The molecule has 0 nitrogen and oxygen atoms in total. The van der Waals surface area contributed by atoms with E-state index in [1.54, 1.807) is 0 Å². The largest absolute Gasteiger partial charge is 0.0885 e. The average Bonchev–Trinajstić information content (AvgIpc) is 2.22. The summed E-state index contributed by atoms with van der Waals surface area (Å²) in [6.07, 6.45) is 25.0. The van der Waals surface area contributed by atoms with E-state index in [1.807, 2.05) is 0 Å². The molecule has 0 bridgehead atoms. The summed E-state index contributed by atoms with van der Waals surface area (Å²) in [5.74, 6) is 0. The highest BCUT2D eigenvalue weighted by Gasteiger charge is 1.82. The summed E-state index contributed by atoms with van der Waals surface area (Å²) in [6.45, 7) is 0. The zero-order valence-electron chi connectivity index (χ0n) is 8.86. The highest BCUT2D eigenvalue weighted by Crippen LogP contribution is 2.03.